The summed E-state index contributed by atoms with van der Waals surface area (Å²) in [5.41, 5.74) is -0.595. The van der Waals surface area contributed by atoms with E-state index in [-0.39, 0.29) is 33.2 Å². The lowest BCUT2D eigenvalue weighted by Crippen LogP contribution is -2.61. The van der Waals surface area contributed by atoms with Gasteiger partial charge in [-0.25, -0.2) is 4.79 Å². The van der Waals surface area contributed by atoms with E-state index < -0.39 is 28.5 Å². The topological polar surface area (TPSA) is 116 Å². The third-order valence-electron chi connectivity index (χ3n) is 7.88. The molecule has 4 saturated carbocycles. The molecule has 4 aliphatic carbocycles. The molecule has 4 bridgehead atoms. The van der Waals surface area contributed by atoms with Crippen LogP contribution in [-0.2, 0) is 9.53 Å². The van der Waals surface area contributed by atoms with Gasteiger partial charge in [-0.1, -0.05) is 29.8 Å². The lowest BCUT2D eigenvalue weighted by atomic mass is 9.53. The average molecular weight is 511 g/mol. The lowest BCUT2D eigenvalue weighted by Gasteiger charge is -2.57. The highest BCUT2D eigenvalue weighted by Gasteiger charge is 2.51. The number of ether oxygens (including phenoxy) is 1. The Morgan fingerprint density at radius 2 is 1.61 bits per heavy atom. The zero-order chi connectivity index (χ0) is 25.6. The quantitative estimate of drug-likeness (QED) is 0.239. The molecule has 8 nitrogen and oxygen atoms in total. The van der Waals surface area contributed by atoms with Crippen LogP contribution in [0.3, 0.4) is 0 Å². The van der Waals surface area contributed by atoms with Crippen molar-refractivity contribution in [3.63, 3.8) is 0 Å². The summed E-state index contributed by atoms with van der Waals surface area (Å²) in [5.74, 6) is 0.258. The molecule has 2 aromatic rings. The number of nitro benzene ring substituents is 1. The third-order valence-corrected chi connectivity index (χ3v) is 8.20. The molecule has 0 aliphatic heterocycles. The molecule has 1 unspecified atom stereocenters. The van der Waals surface area contributed by atoms with E-state index in [0.717, 1.165) is 25.3 Å². The number of hydrogen-bond acceptors (Lipinski definition) is 6. The molecule has 0 spiro atoms. The smallest absolute Gasteiger partial charge is 0.339 e. The Labute approximate surface area is 213 Å². The number of nitrogens with one attached hydrogen (secondary N) is 1. The van der Waals surface area contributed by atoms with Gasteiger partial charge in [0.05, 0.1) is 10.5 Å². The van der Waals surface area contributed by atoms with Crippen molar-refractivity contribution in [2.24, 2.45) is 17.8 Å². The summed E-state index contributed by atoms with van der Waals surface area (Å²) in [6.07, 6.45) is 5.66. The van der Waals surface area contributed by atoms with E-state index in [1.807, 2.05) is 0 Å². The second-order valence-corrected chi connectivity index (χ2v) is 10.9. The summed E-state index contributed by atoms with van der Waals surface area (Å²) < 4.78 is 5.49. The first-order valence-corrected chi connectivity index (χ1v) is 12.6. The van der Waals surface area contributed by atoms with Crippen LogP contribution in [-0.4, -0.2) is 34.2 Å². The molecular formula is C27H27ClN2O6. The number of nitro groups is 1. The Balaban J connectivity index is 1.30. The van der Waals surface area contributed by atoms with Gasteiger partial charge in [-0.05, 0) is 81.4 Å². The number of amides is 1. The summed E-state index contributed by atoms with van der Waals surface area (Å²) >= 11 is 5.86. The minimum Gasteiger partial charge on any atom is -0.449 e. The van der Waals surface area contributed by atoms with Crippen LogP contribution in [0.5, 0.6) is 0 Å². The van der Waals surface area contributed by atoms with Crippen molar-refractivity contribution < 1.29 is 24.0 Å². The second kappa shape index (κ2) is 9.32. The molecule has 36 heavy (non-hydrogen) atoms. The van der Waals surface area contributed by atoms with Gasteiger partial charge in [0.25, 0.3) is 11.6 Å². The monoisotopic (exact) mass is 510 g/mol. The zero-order valence-corrected chi connectivity index (χ0v) is 20.6. The fourth-order valence-corrected chi connectivity index (χ4v) is 6.90. The van der Waals surface area contributed by atoms with Crippen molar-refractivity contribution in [3.8, 4) is 0 Å². The van der Waals surface area contributed by atoms with Crippen molar-refractivity contribution in [1.82, 2.24) is 5.32 Å². The number of carbonyl (C=O) groups is 3. The van der Waals surface area contributed by atoms with Crippen molar-refractivity contribution in [3.05, 3.63) is 74.3 Å². The second-order valence-electron chi connectivity index (χ2n) is 10.5. The number of rotatable bonds is 7. The number of halogens is 1. The van der Waals surface area contributed by atoms with E-state index in [4.69, 9.17) is 16.3 Å². The van der Waals surface area contributed by atoms with E-state index in [1.54, 1.807) is 12.1 Å². The van der Waals surface area contributed by atoms with Gasteiger partial charge in [0.2, 0.25) is 0 Å². The first-order chi connectivity index (χ1) is 17.1. The first kappa shape index (κ1) is 24.4. The normalized spacial score (nSPS) is 26.8. The molecule has 2 aromatic carbocycles. The lowest BCUT2D eigenvalue weighted by molar-refractivity contribution is -0.384. The molecule has 6 rings (SSSR count). The van der Waals surface area contributed by atoms with Crippen molar-refractivity contribution in [2.75, 3.05) is 0 Å². The van der Waals surface area contributed by atoms with Crippen LogP contribution in [0.15, 0.2) is 42.5 Å². The van der Waals surface area contributed by atoms with Crippen molar-refractivity contribution in [2.45, 2.75) is 57.1 Å². The highest BCUT2D eigenvalue weighted by molar-refractivity contribution is 6.33. The fourth-order valence-electron chi connectivity index (χ4n) is 6.71. The highest BCUT2D eigenvalue weighted by atomic mass is 35.5. The number of benzene rings is 2. The summed E-state index contributed by atoms with van der Waals surface area (Å²) in [6.45, 7) is 1.53. The van der Waals surface area contributed by atoms with Crippen LogP contribution in [0.25, 0.3) is 0 Å². The Morgan fingerprint density at radius 1 is 1.03 bits per heavy atom. The van der Waals surface area contributed by atoms with Crippen LogP contribution in [0.4, 0.5) is 5.69 Å². The van der Waals surface area contributed by atoms with E-state index in [1.165, 1.54) is 50.5 Å². The van der Waals surface area contributed by atoms with Gasteiger partial charge in [-0.2, -0.15) is 0 Å². The average Bonchev–Trinajstić information content (AvgIpc) is 2.82. The maximum absolute atomic E-state index is 13.1. The Bertz CT molecular complexity index is 1220. The predicted octanol–water partition coefficient (Wildman–Crippen LogP) is 5.11. The van der Waals surface area contributed by atoms with Crippen molar-refractivity contribution >= 4 is 34.9 Å². The van der Waals surface area contributed by atoms with Gasteiger partial charge < -0.3 is 10.1 Å². The largest absolute Gasteiger partial charge is 0.449 e. The van der Waals surface area contributed by atoms with Gasteiger partial charge in [-0.15, -0.1) is 0 Å². The van der Waals surface area contributed by atoms with Crippen LogP contribution in [0.1, 0.15) is 71.7 Å². The number of hydrogen-bond donors (Lipinski definition) is 1. The molecule has 4 fully saturated rings. The number of nitrogens with zero attached hydrogens (tertiary/aromatic N) is 1. The molecule has 0 radical (unpaired) electrons. The Kier molecular flexibility index (Phi) is 6.32. The predicted molar refractivity (Wildman–Crippen MR) is 132 cm³/mol. The molecule has 0 saturated heterocycles. The highest BCUT2D eigenvalue weighted by Crippen LogP contribution is 2.55. The molecule has 1 N–H and O–H groups in total. The maximum Gasteiger partial charge on any atom is 0.339 e. The molecule has 1 atom stereocenters. The molecule has 0 aromatic heterocycles. The van der Waals surface area contributed by atoms with E-state index >= 15 is 0 Å². The zero-order valence-electron chi connectivity index (χ0n) is 19.9. The maximum atomic E-state index is 13.1. The molecule has 1 amide bonds. The van der Waals surface area contributed by atoms with Gasteiger partial charge >= 0.3 is 5.97 Å². The van der Waals surface area contributed by atoms with Gasteiger partial charge in [-0.3, -0.25) is 19.7 Å². The number of esters is 1. The first-order valence-electron chi connectivity index (χ1n) is 12.2. The minimum absolute atomic E-state index is 0.0129. The number of ketones is 1. The SMILES string of the molecule is CC(OC(=O)c1ccccc1C(=O)c1ccc(Cl)c([N+](=O)[O-])c1)C(=O)NC12CC3CC(CC(C3)C1)C2. The standard InChI is InChI=1S/C27H27ClN2O6/c1-15(25(32)29-27-12-16-8-17(13-27)10-18(9-16)14-27)36-26(33)21-5-3-2-4-20(21)24(31)19-6-7-22(28)23(11-19)30(34)35/h2-7,11,15-18H,8-10,12-14H2,1H3,(H,29,32). The van der Waals surface area contributed by atoms with Crippen LogP contribution in [0.2, 0.25) is 5.02 Å². The number of carbonyl (C=O) groups excluding carboxylic acids is 3. The molecule has 4 aliphatic rings. The molecule has 188 valence electrons. The molecule has 9 heteroatoms. The van der Waals surface area contributed by atoms with E-state index in [9.17, 15) is 24.5 Å². The van der Waals surface area contributed by atoms with Crippen molar-refractivity contribution in [1.29, 1.82) is 0 Å². The van der Waals surface area contributed by atoms with Gasteiger partial charge in [0.1, 0.15) is 5.02 Å². The van der Waals surface area contributed by atoms with Crippen LogP contribution in [0, 0.1) is 27.9 Å². The van der Waals surface area contributed by atoms with Gasteiger partial charge in [0, 0.05) is 22.7 Å². The van der Waals surface area contributed by atoms with E-state index in [2.05, 4.69) is 5.32 Å². The van der Waals surface area contributed by atoms with Crippen LogP contribution >= 0.6 is 11.6 Å². The summed E-state index contributed by atoms with van der Waals surface area (Å²) in [5, 5.41) is 14.3. The minimum atomic E-state index is -1.04. The third kappa shape index (κ3) is 4.62. The molecule has 0 heterocycles. The summed E-state index contributed by atoms with van der Waals surface area (Å²) in [4.78, 5) is 49.7. The van der Waals surface area contributed by atoms with Crippen LogP contribution < -0.4 is 5.32 Å². The fraction of sp³-hybridized carbons (Fsp3) is 0.444. The summed E-state index contributed by atoms with van der Waals surface area (Å²) in [6, 6.07) is 9.75. The van der Waals surface area contributed by atoms with E-state index in [0.29, 0.717) is 17.8 Å². The Hall–Kier alpha value is -3.26. The van der Waals surface area contributed by atoms with Gasteiger partial charge in [0.15, 0.2) is 11.9 Å². The Morgan fingerprint density at radius 3 is 2.19 bits per heavy atom. The summed E-state index contributed by atoms with van der Waals surface area (Å²) in [7, 11) is 0. The molecular weight excluding hydrogens is 484 g/mol.